The summed E-state index contributed by atoms with van der Waals surface area (Å²) < 4.78 is 39.8. The molecule has 2 aromatic rings. The minimum Gasteiger partial charge on any atom is -0.481 e. The number of halogens is 1. The van der Waals surface area contributed by atoms with E-state index < -0.39 is 40.4 Å². The number of aliphatic carboxylic acids is 1. The van der Waals surface area contributed by atoms with Gasteiger partial charge >= 0.3 is 5.97 Å². The number of aliphatic hydroxyl groups excluding tert-OH is 2. The predicted molar refractivity (Wildman–Crippen MR) is 117 cm³/mol. The highest BCUT2D eigenvalue weighted by Gasteiger charge is 2.26. The maximum Gasteiger partial charge on any atom is 0.305 e. The average molecular weight is 454 g/mol. The van der Waals surface area contributed by atoms with Crippen LogP contribution in [0.15, 0.2) is 30.3 Å². The number of aliphatic hydroxyl groups is 2. The predicted octanol–water partition coefficient (Wildman–Crippen LogP) is 3.13. The molecule has 9 heteroatoms. The van der Waals surface area contributed by atoms with Crippen LogP contribution in [0.1, 0.15) is 49.6 Å². The number of nitrogens with zero attached hydrogens (tertiary/aromatic N) is 1. The van der Waals surface area contributed by atoms with E-state index >= 15 is 0 Å². The van der Waals surface area contributed by atoms with E-state index in [0.29, 0.717) is 28.1 Å². The molecule has 31 heavy (non-hydrogen) atoms. The SMILES string of the molecule is Cc1c(-c2ccc(F)cc2)c(C=C[C@@H](O)C[C@@H](O)CC(=O)O)c(C(C)C)n1S(C)(=O)=O. The van der Waals surface area contributed by atoms with Crippen LogP contribution in [0.5, 0.6) is 0 Å². The monoisotopic (exact) mass is 453 g/mol. The normalized spacial score (nSPS) is 14.3. The lowest BCUT2D eigenvalue weighted by Gasteiger charge is -2.13. The van der Waals surface area contributed by atoms with E-state index in [9.17, 15) is 27.8 Å². The number of rotatable bonds is 9. The van der Waals surface area contributed by atoms with E-state index in [4.69, 9.17) is 5.11 Å². The van der Waals surface area contributed by atoms with Crippen LogP contribution in [0.4, 0.5) is 4.39 Å². The number of carboxylic acids is 1. The molecule has 7 nitrogen and oxygen atoms in total. The van der Waals surface area contributed by atoms with Crippen molar-refractivity contribution in [1.29, 1.82) is 0 Å². The van der Waals surface area contributed by atoms with Crippen molar-refractivity contribution in [3.05, 3.63) is 53.1 Å². The molecule has 1 aromatic heterocycles. The summed E-state index contributed by atoms with van der Waals surface area (Å²) in [6, 6.07) is 5.68. The van der Waals surface area contributed by atoms with Crippen LogP contribution in [0.3, 0.4) is 0 Å². The highest BCUT2D eigenvalue weighted by atomic mass is 32.2. The second-order valence-electron chi connectivity index (χ2n) is 7.86. The highest BCUT2D eigenvalue weighted by molar-refractivity contribution is 7.89. The maximum absolute atomic E-state index is 13.5. The molecule has 0 bridgehead atoms. The van der Waals surface area contributed by atoms with E-state index in [1.807, 2.05) is 13.8 Å². The maximum atomic E-state index is 13.5. The van der Waals surface area contributed by atoms with Gasteiger partial charge in [-0.25, -0.2) is 16.8 Å². The second kappa shape index (κ2) is 9.76. The molecule has 2 atom stereocenters. The number of carboxylic acid groups (broad SMARTS) is 1. The average Bonchev–Trinajstić information content (AvgIpc) is 2.92. The van der Waals surface area contributed by atoms with Gasteiger partial charge in [0.25, 0.3) is 0 Å². The summed E-state index contributed by atoms with van der Waals surface area (Å²) in [6.45, 7) is 5.35. The van der Waals surface area contributed by atoms with Gasteiger partial charge in [-0.15, -0.1) is 0 Å². The van der Waals surface area contributed by atoms with Crippen molar-refractivity contribution in [3.8, 4) is 11.1 Å². The zero-order chi connectivity index (χ0) is 23.5. The van der Waals surface area contributed by atoms with Crippen LogP contribution in [0.2, 0.25) is 0 Å². The van der Waals surface area contributed by atoms with Gasteiger partial charge in [0, 0.05) is 28.9 Å². The van der Waals surface area contributed by atoms with Gasteiger partial charge in [0.15, 0.2) is 0 Å². The molecule has 0 amide bonds. The zero-order valence-electron chi connectivity index (χ0n) is 17.9. The fourth-order valence-electron chi connectivity index (χ4n) is 3.69. The lowest BCUT2D eigenvalue weighted by molar-refractivity contribution is -0.139. The van der Waals surface area contributed by atoms with E-state index in [0.717, 1.165) is 6.26 Å². The molecule has 0 saturated carbocycles. The Balaban J connectivity index is 2.63. The van der Waals surface area contributed by atoms with Gasteiger partial charge in [-0.3, -0.25) is 4.79 Å². The summed E-state index contributed by atoms with van der Waals surface area (Å²) >= 11 is 0. The third-order valence-electron chi connectivity index (χ3n) is 4.85. The van der Waals surface area contributed by atoms with Crippen molar-refractivity contribution in [3.63, 3.8) is 0 Å². The fourth-order valence-corrected chi connectivity index (χ4v) is 4.94. The molecule has 1 heterocycles. The summed E-state index contributed by atoms with van der Waals surface area (Å²) in [5, 5.41) is 28.7. The van der Waals surface area contributed by atoms with E-state index in [1.165, 1.54) is 22.2 Å². The van der Waals surface area contributed by atoms with Gasteiger partial charge in [-0.05, 0) is 30.5 Å². The summed E-state index contributed by atoms with van der Waals surface area (Å²) in [6.07, 6.45) is 1.03. The molecule has 0 spiro atoms. The Morgan fingerprint density at radius 1 is 1.19 bits per heavy atom. The molecule has 1 aromatic carbocycles. The first kappa shape index (κ1) is 24.8. The summed E-state index contributed by atoms with van der Waals surface area (Å²) in [4.78, 5) is 10.7. The fraction of sp³-hybridized carbons (Fsp3) is 0.409. The van der Waals surface area contributed by atoms with Crippen molar-refractivity contribution in [2.24, 2.45) is 0 Å². The van der Waals surface area contributed by atoms with Crippen molar-refractivity contribution in [1.82, 2.24) is 3.97 Å². The molecule has 0 unspecified atom stereocenters. The summed E-state index contributed by atoms with van der Waals surface area (Å²) in [7, 11) is -3.66. The molecule has 0 aliphatic carbocycles. The van der Waals surface area contributed by atoms with Gasteiger partial charge in [-0.1, -0.05) is 38.1 Å². The third kappa shape index (κ3) is 6.03. The van der Waals surface area contributed by atoms with Crippen molar-refractivity contribution < 1.29 is 32.9 Å². The van der Waals surface area contributed by atoms with Crippen LogP contribution < -0.4 is 0 Å². The lowest BCUT2D eigenvalue weighted by Crippen LogP contribution is -2.19. The molecule has 3 N–H and O–H groups in total. The first-order valence-corrected chi connectivity index (χ1v) is 11.7. The first-order chi connectivity index (χ1) is 14.3. The Morgan fingerprint density at radius 3 is 2.26 bits per heavy atom. The van der Waals surface area contributed by atoms with E-state index in [2.05, 4.69) is 0 Å². The third-order valence-corrected chi connectivity index (χ3v) is 5.98. The quantitative estimate of drug-likeness (QED) is 0.537. The molecular weight excluding hydrogens is 425 g/mol. The van der Waals surface area contributed by atoms with Crippen LogP contribution >= 0.6 is 0 Å². The standard InChI is InChI=1S/C22H28FNO6S/c1-13(2)22-19(10-9-17(25)11-18(26)12-20(27)28)21(14(3)24(22)31(4,29)30)15-5-7-16(23)8-6-15/h5-10,13,17-18,25-26H,11-12H2,1-4H3,(H,27,28)/t17-,18-/m1/s1. The molecule has 0 fully saturated rings. The zero-order valence-corrected chi connectivity index (χ0v) is 18.7. The molecule has 2 rings (SSSR count). The molecular formula is C22H28FNO6S. The number of carbonyl (C=O) groups is 1. The Kier molecular flexibility index (Phi) is 7.80. The molecule has 170 valence electrons. The summed E-state index contributed by atoms with van der Waals surface area (Å²) in [5.41, 5.74) is 2.72. The highest BCUT2D eigenvalue weighted by Crippen LogP contribution is 2.38. The molecule has 0 radical (unpaired) electrons. The topological polar surface area (TPSA) is 117 Å². The smallest absolute Gasteiger partial charge is 0.305 e. The van der Waals surface area contributed by atoms with Gasteiger partial charge in [-0.2, -0.15) is 0 Å². The van der Waals surface area contributed by atoms with Gasteiger partial charge < -0.3 is 15.3 Å². The largest absolute Gasteiger partial charge is 0.481 e. The Morgan fingerprint density at radius 2 is 1.77 bits per heavy atom. The molecule has 0 aliphatic rings. The first-order valence-electron chi connectivity index (χ1n) is 9.80. The number of aromatic nitrogens is 1. The van der Waals surface area contributed by atoms with Crippen molar-refractivity contribution in [2.45, 2.75) is 51.7 Å². The van der Waals surface area contributed by atoms with Crippen molar-refractivity contribution in [2.75, 3.05) is 6.26 Å². The van der Waals surface area contributed by atoms with Gasteiger partial charge in [0.05, 0.1) is 24.9 Å². The molecule has 0 saturated heterocycles. The Hall–Kier alpha value is -2.49. The van der Waals surface area contributed by atoms with E-state index in [-0.39, 0.29) is 12.3 Å². The van der Waals surface area contributed by atoms with Crippen LogP contribution in [-0.2, 0) is 14.8 Å². The van der Waals surface area contributed by atoms with Gasteiger partial charge in [0.1, 0.15) is 5.82 Å². The van der Waals surface area contributed by atoms with E-state index in [1.54, 1.807) is 25.1 Å². The van der Waals surface area contributed by atoms with Crippen molar-refractivity contribution >= 4 is 22.1 Å². The minimum atomic E-state index is -3.66. The molecule has 0 aliphatic heterocycles. The Bertz CT molecular complexity index is 1070. The van der Waals surface area contributed by atoms with Crippen LogP contribution in [0, 0.1) is 12.7 Å². The number of benzene rings is 1. The number of hydrogen-bond donors (Lipinski definition) is 3. The lowest BCUT2D eigenvalue weighted by atomic mass is 9.96. The second-order valence-corrected chi connectivity index (χ2v) is 9.69. The van der Waals surface area contributed by atoms with Crippen LogP contribution in [-0.4, -0.2) is 52.1 Å². The Labute approximate surface area is 181 Å². The minimum absolute atomic E-state index is 0.183. The number of hydrogen-bond acceptors (Lipinski definition) is 5. The summed E-state index contributed by atoms with van der Waals surface area (Å²) in [5.74, 6) is -1.80. The van der Waals surface area contributed by atoms with Crippen LogP contribution in [0.25, 0.3) is 17.2 Å². The van der Waals surface area contributed by atoms with Gasteiger partial charge in [0.2, 0.25) is 10.0 Å².